The molecule has 6 heteroatoms. The Kier molecular flexibility index (Phi) is 3.90. The highest BCUT2D eigenvalue weighted by Gasteiger charge is 2.33. The van der Waals surface area contributed by atoms with Crippen molar-refractivity contribution in [2.24, 2.45) is 0 Å². The van der Waals surface area contributed by atoms with Crippen molar-refractivity contribution in [1.82, 2.24) is 0 Å². The Balaban J connectivity index is 2.36. The SMILES string of the molecule is O=P(O)(O)[C@@H](Oc1ccccc1O)c1ccccc1. The fraction of sp³-hybridized carbons (Fsp3) is 0.0769. The Morgan fingerprint density at radius 2 is 1.53 bits per heavy atom. The van der Waals surface area contributed by atoms with E-state index in [0.717, 1.165) is 0 Å². The van der Waals surface area contributed by atoms with Gasteiger partial charge in [0.2, 0.25) is 5.85 Å². The smallest absolute Gasteiger partial charge is 0.370 e. The van der Waals surface area contributed by atoms with Gasteiger partial charge in [-0.3, -0.25) is 4.57 Å². The maximum Gasteiger partial charge on any atom is 0.370 e. The molecule has 1 atom stereocenters. The molecular weight excluding hydrogens is 267 g/mol. The lowest BCUT2D eigenvalue weighted by Gasteiger charge is -2.20. The number of rotatable bonds is 4. The molecule has 0 amide bonds. The van der Waals surface area contributed by atoms with E-state index in [-0.39, 0.29) is 11.5 Å². The van der Waals surface area contributed by atoms with E-state index in [2.05, 4.69) is 0 Å². The van der Waals surface area contributed by atoms with Crippen LogP contribution in [-0.4, -0.2) is 14.9 Å². The van der Waals surface area contributed by atoms with Gasteiger partial charge in [0, 0.05) is 5.56 Å². The van der Waals surface area contributed by atoms with Crippen molar-refractivity contribution in [1.29, 1.82) is 0 Å². The first-order chi connectivity index (χ1) is 8.98. The van der Waals surface area contributed by atoms with Crippen LogP contribution in [0, 0.1) is 0 Å². The molecule has 0 aliphatic rings. The Bertz CT molecular complexity index is 593. The third-order valence-corrected chi connectivity index (χ3v) is 3.51. The van der Waals surface area contributed by atoms with E-state index < -0.39 is 13.4 Å². The van der Waals surface area contributed by atoms with Gasteiger partial charge in [0.25, 0.3) is 0 Å². The van der Waals surface area contributed by atoms with Crippen LogP contribution in [0.3, 0.4) is 0 Å². The molecular formula is C13H13O5P. The number of phenolic OH excluding ortho intramolecular Hbond substituents is 1. The molecule has 19 heavy (non-hydrogen) atoms. The normalized spacial score (nSPS) is 12.9. The summed E-state index contributed by atoms with van der Waals surface area (Å²) in [5.74, 6) is -1.58. The van der Waals surface area contributed by atoms with Crippen molar-refractivity contribution in [3.63, 3.8) is 0 Å². The monoisotopic (exact) mass is 280 g/mol. The van der Waals surface area contributed by atoms with Crippen molar-refractivity contribution in [2.75, 3.05) is 0 Å². The van der Waals surface area contributed by atoms with E-state index in [4.69, 9.17) is 4.74 Å². The Morgan fingerprint density at radius 3 is 2.11 bits per heavy atom. The Labute approximate surface area is 110 Å². The number of para-hydroxylation sites is 2. The summed E-state index contributed by atoms with van der Waals surface area (Å²) in [6.07, 6.45) is 0. The highest BCUT2D eigenvalue weighted by atomic mass is 31.2. The molecule has 3 N–H and O–H groups in total. The molecule has 0 saturated heterocycles. The van der Waals surface area contributed by atoms with Crippen molar-refractivity contribution in [3.05, 3.63) is 60.2 Å². The van der Waals surface area contributed by atoms with Crippen molar-refractivity contribution in [3.8, 4) is 11.5 Å². The van der Waals surface area contributed by atoms with Gasteiger partial charge in [-0.05, 0) is 12.1 Å². The van der Waals surface area contributed by atoms with Crippen LogP contribution in [0.5, 0.6) is 11.5 Å². The molecule has 2 rings (SSSR count). The summed E-state index contributed by atoms with van der Waals surface area (Å²) in [5, 5.41) is 9.59. The zero-order valence-corrected chi connectivity index (χ0v) is 10.8. The molecule has 5 nitrogen and oxygen atoms in total. The zero-order valence-electron chi connectivity index (χ0n) is 9.88. The molecule has 0 fully saturated rings. The quantitative estimate of drug-likeness (QED) is 0.749. The minimum Gasteiger partial charge on any atom is -0.504 e. The van der Waals surface area contributed by atoms with E-state index in [9.17, 15) is 19.5 Å². The number of ether oxygens (including phenoxy) is 1. The number of phenols is 1. The van der Waals surface area contributed by atoms with Crippen LogP contribution >= 0.6 is 7.60 Å². The lowest BCUT2D eigenvalue weighted by molar-refractivity contribution is 0.219. The van der Waals surface area contributed by atoms with Crippen molar-refractivity contribution in [2.45, 2.75) is 5.85 Å². The molecule has 0 spiro atoms. The second-order valence-electron chi connectivity index (χ2n) is 3.94. The maximum atomic E-state index is 11.5. The van der Waals surface area contributed by atoms with Crippen LogP contribution in [0.2, 0.25) is 0 Å². The van der Waals surface area contributed by atoms with Crippen LogP contribution in [0.1, 0.15) is 11.4 Å². The van der Waals surface area contributed by atoms with E-state index in [0.29, 0.717) is 5.56 Å². The van der Waals surface area contributed by atoms with Gasteiger partial charge in [-0.2, -0.15) is 0 Å². The summed E-state index contributed by atoms with van der Waals surface area (Å²) in [5.41, 5.74) is 0.346. The molecule has 0 aliphatic carbocycles. The molecule has 0 saturated carbocycles. The van der Waals surface area contributed by atoms with Crippen LogP contribution < -0.4 is 4.74 Å². The molecule has 0 aromatic heterocycles. The number of hydrogen-bond acceptors (Lipinski definition) is 3. The van der Waals surface area contributed by atoms with Gasteiger partial charge < -0.3 is 19.6 Å². The van der Waals surface area contributed by atoms with Gasteiger partial charge in [-0.15, -0.1) is 0 Å². The van der Waals surface area contributed by atoms with Gasteiger partial charge in [-0.25, -0.2) is 0 Å². The second kappa shape index (κ2) is 5.45. The van der Waals surface area contributed by atoms with Gasteiger partial charge >= 0.3 is 7.60 Å². The van der Waals surface area contributed by atoms with E-state index in [1.54, 1.807) is 42.5 Å². The van der Waals surface area contributed by atoms with Gasteiger partial charge in [0.05, 0.1) is 0 Å². The topological polar surface area (TPSA) is 87.0 Å². The Morgan fingerprint density at radius 1 is 0.947 bits per heavy atom. The summed E-state index contributed by atoms with van der Waals surface area (Å²) >= 11 is 0. The van der Waals surface area contributed by atoms with Gasteiger partial charge in [0.15, 0.2) is 11.5 Å². The number of aromatic hydroxyl groups is 1. The molecule has 0 bridgehead atoms. The number of hydrogen-bond donors (Lipinski definition) is 3. The lowest BCUT2D eigenvalue weighted by atomic mass is 10.2. The summed E-state index contributed by atoms with van der Waals surface area (Å²) < 4.78 is 16.8. The summed E-state index contributed by atoms with van der Waals surface area (Å²) in [6, 6.07) is 14.2. The maximum absolute atomic E-state index is 11.5. The first-order valence-corrected chi connectivity index (χ1v) is 7.21. The average molecular weight is 280 g/mol. The molecule has 2 aromatic carbocycles. The molecule has 0 unspecified atom stereocenters. The molecule has 100 valence electrons. The van der Waals surface area contributed by atoms with E-state index in [1.165, 1.54) is 12.1 Å². The first kappa shape index (κ1) is 13.6. The summed E-state index contributed by atoms with van der Waals surface area (Å²) in [6.45, 7) is 0. The van der Waals surface area contributed by atoms with Crippen LogP contribution in [-0.2, 0) is 4.57 Å². The number of benzene rings is 2. The molecule has 0 aliphatic heterocycles. The summed E-state index contributed by atoms with van der Waals surface area (Å²) in [7, 11) is -4.52. The zero-order chi connectivity index (χ0) is 13.9. The van der Waals surface area contributed by atoms with Crippen LogP contribution in [0.15, 0.2) is 54.6 Å². The fourth-order valence-electron chi connectivity index (χ4n) is 1.63. The largest absolute Gasteiger partial charge is 0.504 e. The minimum absolute atomic E-state index is 0.0275. The second-order valence-corrected chi connectivity index (χ2v) is 5.58. The van der Waals surface area contributed by atoms with Crippen LogP contribution in [0.4, 0.5) is 0 Å². The van der Waals surface area contributed by atoms with Crippen LogP contribution in [0.25, 0.3) is 0 Å². The van der Waals surface area contributed by atoms with E-state index >= 15 is 0 Å². The first-order valence-electron chi connectivity index (χ1n) is 5.53. The van der Waals surface area contributed by atoms with E-state index in [1.807, 2.05) is 0 Å². The van der Waals surface area contributed by atoms with Crippen molar-refractivity contribution < 1.29 is 24.2 Å². The van der Waals surface area contributed by atoms with Gasteiger partial charge in [-0.1, -0.05) is 42.5 Å². The lowest BCUT2D eigenvalue weighted by Crippen LogP contribution is -2.08. The minimum atomic E-state index is -4.52. The predicted molar refractivity (Wildman–Crippen MR) is 70.0 cm³/mol. The summed E-state index contributed by atoms with van der Waals surface area (Å²) in [4.78, 5) is 18.8. The standard InChI is InChI=1S/C13H13O5P/c14-11-8-4-5-9-12(11)18-13(19(15,16)17)10-6-2-1-3-7-10/h1-9,13-14H,(H2,15,16,17)/t13-/m1/s1. The third-order valence-electron chi connectivity index (χ3n) is 2.49. The molecule has 0 heterocycles. The molecule has 2 aromatic rings. The highest BCUT2D eigenvalue weighted by Crippen LogP contribution is 2.53. The molecule has 0 radical (unpaired) electrons. The Hall–Kier alpha value is -1.81. The van der Waals surface area contributed by atoms with Gasteiger partial charge in [0.1, 0.15) is 0 Å². The third kappa shape index (κ3) is 3.35. The highest BCUT2D eigenvalue weighted by molar-refractivity contribution is 7.52. The van der Waals surface area contributed by atoms with Crippen molar-refractivity contribution >= 4 is 7.60 Å². The average Bonchev–Trinajstić information content (AvgIpc) is 2.37. The predicted octanol–water partition coefficient (Wildman–Crippen LogP) is 2.65. The fourth-order valence-corrected chi connectivity index (χ4v) is 2.44.